The standard InChI is InChI=1S/C11H12INO2S/c1-3-8-5-4-6-9-10(12)7-13(11(8)9)16(2,14)15/h4-7H,3H2,1-2H3. The number of aryl methyl sites for hydroxylation is 1. The summed E-state index contributed by atoms with van der Waals surface area (Å²) < 4.78 is 25.7. The topological polar surface area (TPSA) is 39.1 Å². The van der Waals surface area contributed by atoms with Gasteiger partial charge in [0.2, 0.25) is 10.0 Å². The van der Waals surface area contributed by atoms with Crippen LogP contribution in [-0.4, -0.2) is 18.6 Å². The van der Waals surface area contributed by atoms with Gasteiger partial charge in [-0.3, -0.25) is 0 Å². The van der Waals surface area contributed by atoms with Crippen LogP contribution < -0.4 is 0 Å². The molecule has 0 bridgehead atoms. The van der Waals surface area contributed by atoms with E-state index in [0.717, 1.165) is 26.5 Å². The van der Waals surface area contributed by atoms with E-state index in [1.807, 2.05) is 25.1 Å². The summed E-state index contributed by atoms with van der Waals surface area (Å²) in [5.41, 5.74) is 1.88. The maximum Gasteiger partial charge on any atom is 0.236 e. The van der Waals surface area contributed by atoms with Gasteiger partial charge in [-0.05, 0) is 34.6 Å². The fourth-order valence-electron chi connectivity index (χ4n) is 1.83. The Bertz CT molecular complexity index is 643. The maximum atomic E-state index is 11.7. The van der Waals surface area contributed by atoms with E-state index in [1.165, 1.54) is 10.2 Å². The highest BCUT2D eigenvalue weighted by molar-refractivity contribution is 14.1. The molecule has 86 valence electrons. The first-order chi connectivity index (χ1) is 7.45. The van der Waals surface area contributed by atoms with Crippen LogP contribution in [0.15, 0.2) is 24.4 Å². The Hall–Kier alpha value is -0.560. The molecule has 0 atom stereocenters. The number of halogens is 1. The van der Waals surface area contributed by atoms with Gasteiger partial charge in [0.15, 0.2) is 0 Å². The molecule has 0 saturated carbocycles. The molecule has 0 aliphatic heterocycles. The van der Waals surface area contributed by atoms with Crippen LogP contribution in [0.2, 0.25) is 0 Å². The van der Waals surface area contributed by atoms with Gasteiger partial charge in [-0.25, -0.2) is 12.4 Å². The van der Waals surface area contributed by atoms with Crippen molar-refractivity contribution in [1.82, 2.24) is 3.97 Å². The molecule has 0 N–H and O–H groups in total. The van der Waals surface area contributed by atoms with Crippen molar-refractivity contribution in [3.8, 4) is 0 Å². The van der Waals surface area contributed by atoms with Crippen molar-refractivity contribution in [2.24, 2.45) is 0 Å². The lowest BCUT2D eigenvalue weighted by Crippen LogP contribution is -2.09. The Morgan fingerprint density at radius 3 is 2.62 bits per heavy atom. The molecule has 0 unspecified atom stereocenters. The van der Waals surface area contributed by atoms with E-state index in [-0.39, 0.29) is 0 Å². The average molecular weight is 349 g/mol. The van der Waals surface area contributed by atoms with Crippen LogP contribution in [0.4, 0.5) is 0 Å². The van der Waals surface area contributed by atoms with Crippen LogP contribution in [0.3, 0.4) is 0 Å². The number of aromatic nitrogens is 1. The zero-order valence-corrected chi connectivity index (χ0v) is 12.0. The summed E-state index contributed by atoms with van der Waals surface area (Å²) in [6, 6.07) is 5.90. The van der Waals surface area contributed by atoms with Crippen LogP contribution in [-0.2, 0) is 16.4 Å². The molecule has 0 spiro atoms. The molecule has 16 heavy (non-hydrogen) atoms. The van der Waals surface area contributed by atoms with E-state index in [1.54, 1.807) is 6.20 Å². The largest absolute Gasteiger partial charge is 0.244 e. The van der Waals surface area contributed by atoms with Crippen LogP contribution in [0.25, 0.3) is 10.9 Å². The summed E-state index contributed by atoms with van der Waals surface area (Å²) in [5.74, 6) is 0. The third-order valence-corrected chi connectivity index (χ3v) is 4.43. The highest BCUT2D eigenvalue weighted by Gasteiger charge is 2.15. The molecule has 0 aliphatic carbocycles. The van der Waals surface area contributed by atoms with Gasteiger partial charge < -0.3 is 0 Å². The summed E-state index contributed by atoms with van der Waals surface area (Å²) in [6.07, 6.45) is 3.74. The molecule has 1 aromatic carbocycles. The molecule has 0 radical (unpaired) electrons. The first-order valence-electron chi connectivity index (χ1n) is 4.94. The van der Waals surface area contributed by atoms with Crippen molar-refractivity contribution in [3.05, 3.63) is 33.5 Å². The summed E-state index contributed by atoms with van der Waals surface area (Å²) in [4.78, 5) is 0. The number of rotatable bonds is 2. The molecule has 0 amide bonds. The van der Waals surface area contributed by atoms with Gasteiger partial charge in [0.05, 0.1) is 11.8 Å². The normalized spacial score (nSPS) is 12.2. The van der Waals surface area contributed by atoms with Crippen molar-refractivity contribution < 1.29 is 8.42 Å². The molecule has 0 aliphatic rings. The van der Waals surface area contributed by atoms with E-state index < -0.39 is 10.0 Å². The van der Waals surface area contributed by atoms with E-state index in [0.29, 0.717) is 0 Å². The van der Waals surface area contributed by atoms with Gasteiger partial charge in [0.25, 0.3) is 0 Å². The lowest BCUT2D eigenvalue weighted by molar-refractivity contribution is 0.595. The third-order valence-electron chi connectivity index (χ3n) is 2.57. The third kappa shape index (κ3) is 1.86. The Balaban J connectivity index is 2.97. The minimum absolute atomic E-state index is 0.817. The summed E-state index contributed by atoms with van der Waals surface area (Å²) >= 11 is 2.17. The molecule has 0 fully saturated rings. The molecule has 1 aromatic heterocycles. The van der Waals surface area contributed by atoms with Crippen LogP contribution in [0, 0.1) is 3.57 Å². The van der Waals surface area contributed by atoms with Crippen molar-refractivity contribution in [2.75, 3.05) is 6.26 Å². The van der Waals surface area contributed by atoms with Gasteiger partial charge >= 0.3 is 0 Å². The minimum Gasteiger partial charge on any atom is -0.244 e. The lowest BCUT2D eigenvalue weighted by Gasteiger charge is -2.05. The molecule has 2 rings (SSSR count). The van der Waals surface area contributed by atoms with Crippen LogP contribution in [0.1, 0.15) is 12.5 Å². The predicted molar refractivity (Wildman–Crippen MR) is 74.3 cm³/mol. The Labute approximate surface area is 109 Å². The van der Waals surface area contributed by atoms with E-state index in [9.17, 15) is 8.42 Å². The summed E-state index contributed by atoms with van der Waals surface area (Å²) in [5, 5.41) is 1.00. The van der Waals surface area contributed by atoms with E-state index >= 15 is 0 Å². The molecule has 1 heterocycles. The molecule has 0 saturated heterocycles. The van der Waals surface area contributed by atoms with Crippen molar-refractivity contribution in [3.63, 3.8) is 0 Å². The van der Waals surface area contributed by atoms with Gasteiger partial charge in [-0.1, -0.05) is 25.1 Å². The van der Waals surface area contributed by atoms with Crippen molar-refractivity contribution in [1.29, 1.82) is 0 Å². The second kappa shape index (κ2) is 4.03. The number of hydrogen-bond donors (Lipinski definition) is 0. The van der Waals surface area contributed by atoms with Gasteiger partial charge in [-0.15, -0.1) is 0 Å². The molecule has 3 nitrogen and oxygen atoms in total. The smallest absolute Gasteiger partial charge is 0.236 e. The lowest BCUT2D eigenvalue weighted by atomic mass is 10.1. The van der Waals surface area contributed by atoms with Crippen LogP contribution >= 0.6 is 22.6 Å². The van der Waals surface area contributed by atoms with Gasteiger partial charge in [0.1, 0.15) is 0 Å². The van der Waals surface area contributed by atoms with Crippen LogP contribution in [0.5, 0.6) is 0 Å². The quantitative estimate of drug-likeness (QED) is 0.782. The predicted octanol–water partition coefficient (Wildman–Crippen LogP) is 2.62. The number of hydrogen-bond acceptors (Lipinski definition) is 2. The number of benzene rings is 1. The fourth-order valence-corrected chi connectivity index (χ4v) is 3.58. The van der Waals surface area contributed by atoms with Gasteiger partial charge in [0, 0.05) is 15.2 Å². The van der Waals surface area contributed by atoms with Crippen molar-refractivity contribution in [2.45, 2.75) is 13.3 Å². The maximum absolute atomic E-state index is 11.7. The highest BCUT2D eigenvalue weighted by atomic mass is 127. The Kier molecular flexibility index (Phi) is 3.00. The molecular weight excluding hydrogens is 337 g/mol. The van der Waals surface area contributed by atoms with Gasteiger partial charge in [-0.2, -0.15) is 0 Å². The van der Waals surface area contributed by atoms with E-state index in [2.05, 4.69) is 22.6 Å². The zero-order chi connectivity index (χ0) is 11.9. The molecular formula is C11H12INO2S. The first kappa shape index (κ1) is 11.9. The molecule has 5 heteroatoms. The zero-order valence-electron chi connectivity index (χ0n) is 9.07. The monoisotopic (exact) mass is 349 g/mol. The van der Waals surface area contributed by atoms with E-state index in [4.69, 9.17) is 0 Å². The summed E-state index contributed by atoms with van der Waals surface area (Å²) in [7, 11) is -3.23. The highest BCUT2D eigenvalue weighted by Crippen LogP contribution is 2.27. The summed E-state index contributed by atoms with van der Waals surface area (Å²) in [6.45, 7) is 2.03. The number of nitrogens with zero attached hydrogens (tertiary/aromatic N) is 1. The number of para-hydroxylation sites is 1. The average Bonchev–Trinajstić information content (AvgIpc) is 2.56. The number of fused-ring (bicyclic) bond motifs is 1. The molecule has 2 aromatic rings. The SMILES string of the molecule is CCc1cccc2c(I)cn(S(C)(=O)=O)c12. The minimum atomic E-state index is -3.23. The second-order valence-corrected chi connectivity index (χ2v) is 6.72. The second-order valence-electron chi connectivity index (χ2n) is 3.70. The Morgan fingerprint density at radius 2 is 2.06 bits per heavy atom. The fraction of sp³-hybridized carbons (Fsp3) is 0.273. The first-order valence-corrected chi connectivity index (χ1v) is 7.87. The Morgan fingerprint density at radius 1 is 1.38 bits per heavy atom. The van der Waals surface area contributed by atoms with Crippen molar-refractivity contribution >= 4 is 43.5 Å².